The highest BCUT2D eigenvalue weighted by Gasteiger charge is 2.28. The fourth-order valence-electron chi connectivity index (χ4n) is 2.90. The molecule has 0 amide bonds. The van der Waals surface area contributed by atoms with Crippen molar-refractivity contribution in [3.8, 4) is 0 Å². The van der Waals surface area contributed by atoms with Crippen molar-refractivity contribution in [2.75, 3.05) is 13.1 Å². The summed E-state index contributed by atoms with van der Waals surface area (Å²) in [5, 5.41) is 3.46. The van der Waals surface area contributed by atoms with Gasteiger partial charge in [0, 0.05) is 44.1 Å². The predicted octanol–water partition coefficient (Wildman–Crippen LogP) is 1.93. The lowest BCUT2D eigenvalue weighted by molar-refractivity contribution is 0.346. The molecule has 1 saturated heterocycles. The van der Waals surface area contributed by atoms with Crippen molar-refractivity contribution in [2.45, 2.75) is 63.1 Å². The van der Waals surface area contributed by atoms with Gasteiger partial charge in [-0.1, -0.05) is 6.42 Å². The normalized spacial score (nSPS) is 20.8. The first-order valence-electron chi connectivity index (χ1n) is 8.04. The molecule has 2 aliphatic rings. The Labute approximate surface area is 127 Å². The summed E-state index contributed by atoms with van der Waals surface area (Å²) in [6.07, 6.45) is 7.37. The van der Waals surface area contributed by atoms with Crippen molar-refractivity contribution in [3.05, 3.63) is 18.0 Å². The minimum atomic E-state index is -3.31. The van der Waals surface area contributed by atoms with Gasteiger partial charge in [-0.05, 0) is 38.7 Å². The zero-order chi connectivity index (χ0) is 14.9. The first-order chi connectivity index (χ1) is 10.1. The van der Waals surface area contributed by atoms with Crippen molar-refractivity contribution in [2.24, 2.45) is 0 Å². The first-order valence-corrected chi connectivity index (χ1v) is 9.48. The van der Waals surface area contributed by atoms with E-state index >= 15 is 0 Å². The highest BCUT2D eigenvalue weighted by molar-refractivity contribution is 7.89. The Morgan fingerprint density at radius 3 is 2.57 bits per heavy atom. The van der Waals surface area contributed by atoms with Crippen LogP contribution in [-0.2, 0) is 23.1 Å². The van der Waals surface area contributed by atoms with E-state index in [0.29, 0.717) is 24.0 Å². The molecule has 0 bridgehead atoms. The maximum absolute atomic E-state index is 12.7. The summed E-state index contributed by atoms with van der Waals surface area (Å²) < 4.78 is 29.1. The van der Waals surface area contributed by atoms with Gasteiger partial charge in [-0.3, -0.25) is 0 Å². The Hall–Kier alpha value is -0.850. The Morgan fingerprint density at radius 1 is 1.24 bits per heavy atom. The largest absolute Gasteiger partial charge is 0.349 e. The number of nitrogens with one attached hydrogen (secondary N) is 1. The van der Waals surface area contributed by atoms with E-state index in [1.807, 2.05) is 10.6 Å². The zero-order valence-electron chi connectivity index (χ0n) is 12.7. The second kappa shape index (κ2) is 6.10. The van der Waals surface area contributed by atoms with Gasteiger partial charge in [-0.25, -0.2) is 8.42 Å². The van der Waals surface area contributed by atoms with Crippen LogP contribution in [0, 0.1) is 0 Å². The fourth-order valence-corrected chi connectivity index (χ4v) is 4.48. The van der Waals surface area contributed by atoms with Gasteiger partial charge in [0.1, 0.15) is 4.90 Å². The van der Waals surface area contributed by atoms with Crippen LogP contribution in [0.15, 0.2) is 17.2 Å². The van der Waals surface area contributed by atoms with Crippen LogP contribution in [-0.4, -0.2) is 36.4 Å². The van der Waals surface area contributed by atoms with Gasteiger partial charge in [0.25, 0.3) is 0 Å². The van der Waals surface area contributed by atoms with Gasteiger partial charge in [-0.15, -0.1) is 0 Å². The third kappa shape index (κ3) is 3.33. The Bertz CT molecular complexity index is 584. The third-order valence-electron chi connectivity index (χ3n) is 4.40. The molecule has 21 heavy (non-hydrogen) atoms. The van der Waals surface area contributed by atoms with Crippen molar-refractivity contribution >= 4 is 10.0 Å². The van der Waals surface area contributed by atoms with Crippen LogP contribution >= 0.6 is 0 Å². The zero-order valence-corrected chi connectivity index (χ0v) is 13.5. The average Bonchev–Trinajstić information content (AvgIpc) is 3.24. The Morgan fingerprint density at radius 2 is 1.95 bits per heavy atom. The number of hydrogen-bond acceptors (Lipinski definition) is 3. The quantitative estimate of drug-likeness (QED) is 0.873. The molecule has 6 heteroatoms. The number of sulfonamides is 1. The summed E-state index contributed by atoms with van der Waals surface area (Å²) in [6, 6.07) is 2.48. The number of nitrogens with zero attached hydrogens (tertiary/aromatic N) is 2. The molecule has 1 N–H and O–H groups in total. The molecule has 1 aliphatic heterocycles. The van der Waals surface area contributed by atoms with Crippen LogP contribution in [0.5, 0.6) is 0 Å². The number of rotatable bonds is 6. The third-order valence-corrected chi connectivity index (χ3v) is 6.27. The van der Waals surface area contributed by atoms with E-state index in [9.17, 15) is 8.42 Å². The lowest BCUT2D eigenvalue weighted by Gasteiger charge is -2.25. The highest BCUT2D eigenvalue weighted by atomic mass is 32.2. The minimum absolute atomic E-state index is 0.457. The van der Waals surface area contributed by atoms with Gasteiger partial charge in [-0.2, -0.15) is 4.31 Å². The molecule has 1 aliphatic carbocycles. The van der Waals surface area contributed by atoms with Crippen LogP contribution < -0.4 is 5.32 Å². The molecule has 2 heterocycles. The number of hydrogen-bond donors (Lipinski definition) is 1. The molecular weight excluding hydrogens is 286 g/mol. The van der Waals surface area contributed by atoms with Gasteiger partial charge < -0.3 is 9.88 Å². The molecule has 0 unspecified atom stereocenters. The minimum Gasteiger partial charge on any atom is -0.349 e. The highest BCUT2D eigenvalue weighted by Crippen LogP contribution is 2.24. The second-order valence-electron chi connectivity index (χ2n) is 6.07. The van der Waals surface area contributed by atoms with E-state index in [4.69, 9.17) is 0 Å². The van der Waals surface area contributed by atoms with E-state index < -0.39 is 10.0 Å². The van der Waals surface area contributed by atoms with Crippen LogP contribution in [0.3, 0.4) is 0 Å². The van der Waals surface area contributed by atoms with E-state index in [1.54, 1.807) is 10.5 Å². The fraction of sp³-hybridized carbons (Fsp3) is 0.733. The van der Waals surface area contributed by atoms with E-state index in [-0.39, 0.29) is 0 Å². The van der Waals surface area contributed by atoms with Gasteiger partial charge in [0.2, 0.25) is 10.0 Å². The summed E-state index contributed by atoms with van der Waals surface area (Å²) in [5.74, 6) is 0. The van der Waals surface area contributed by atoms with Crippen molar-refractivity contribution in [3.63, 3.8) is 0 Å². The summed E-state index contributed by atoms with van der Waals surface area (Å²) in [6.45, 7) is 4.94. The SMILES string of the molecule is CCn1cc(S(=O)(=O)N2CCCCC2)cc1CNC1CC1. The molecule has 1 aromatic heterocycles. The summed E-state index contributed by atoms with van der Waals surface area (Å²) in [4.78, 5) is 0.457. The number of aromatic nitrogens is 1. The molecule has 1 aromatic rings. The van der Waals surface area contributed by atoms with Gasteiger partial charge in [0.05, 0.1) is 0 Å². The van der Waals surface area contributed by atoms with Gasteiger partial charge >= 0.3 is 0 Å². The average molecular weight is 311 g/mol. The van der Waals surface area contributed by atoms with Crippen LogP contribution in [0.4, 0.5) is 0 Å². The summed E-state index contributed by atoms with van der Waals surface area (Å²) >= 11 is 0. The predicted molar refractivity (Wildman–Crippen MR) is 82.6 cm³/mol. The van der Waals surface area contributed by atoms with E-state index in [0.717, 1.165) is 38.0 Å². The molecule has 2 fully saturated rings. The van der Waals surface area contributed by atoms with Crippen molar-refractivity contribution < 1.29 is 8.42 Å². The number of aryl methyl sites for hydroxylation is 1. The Balaban J connectivity index is 1.79. The first kappa shape index (κ1) is 15.1. The molecule has 0 spiro atoms. The lowest BCUT2D eigenvalue weighted by Crippen LogP contribution is -2.35. The van der Waals surface area contributed by atoms with Gasteiger partial charge in [0.15, 0.2) is 0 Å². The monoisotopic (exact) mass is 311 g/mol. The summed E-state index contributed by atoms with van der Waals surface area (Å²) in [7, 11) is -3.31. The molecule has 0 radical (unpaired) electrons. The smallest absolute Gasteiger partial charge is 0.244 e. The van der Waals surface area contributed by atoms with Crippen LogP contribution in [0.2, 0.25) is 0 Å². The van der Waals surface area contributed by atoms with Crippen molar-refractivity contribution in [1.29, 1.82) is 0 Å². The molecule has 5 nitrogen and oxygen atoms in total. The van der Waals surface area contributed by atoms with E-state index in [2.05, 4.69) is 12.2 Å². The standard InChI is InChI=1S/C15H25N3O2S/c1-2-17-12-15(10-14(17)11-16-13-6-7-13)21(19,20)18-8-4-3-5-9-18/h10,12-13,16H,2-9,11H2,1H3. The number of piperidine rings is 1. The molecule has 1 saturated carbocycles. The van der Waals surface area contributed by atoms with Crippen LogP contribution in [0.1, 0.15) is 44.7 Å². The maximum atomic E-state index is 12.7. The van der Waals surface area contributed by atoms with Crippen molar-refractivity contribution in [1.82, 2.24) is 14.2 Å². The van der Waals surface area contributed by atoms with E-state index in [1.165, 1.54) is 12.8 Å². The molecule has 118 valence electrons. The molecular formula is C15H25N3O2S. The topological polar surface area (TPSA) is 54.3 Å². The molecule has 0 aromatic carbocycles. The maximum Gasteiger partial charge on any atom is 0.244 e. The lowest BCUT2D eigenvalue weighted by atomic mass is 10.2. The molecule has 3 rings (SSSR count). The summed E-state index contributed by atoms with van der Waals surface area (Å²) in [5.41, 5.74) is 1.07. The Kier molecular flexibility index (Phi) is 4.38. The second-order valence-corrected chi connectivity index (χ2v) is 8.01. The van der Waals surface area contributed by atoms with Crippen LogP contribution in [0.25, 0.3) is 0 Å². The molecule has 0 atom stereocenters.